The summed E-state index contributed by atoms with van der Waals surface area (Å²) >= 11 is 5.28. The van der Waals surface area contributed by atoms with Gasteiger partial charge in [0.15, 0.2) is 10.7 Å². The van der Waals surface area contributed by atoms with Gasteiger partial charge in [-0.15, -0.1) is 0 Å². The molecule has 0 radical (unpaired) electrons. The van der Waals surface area contributed by atoms with E-state index in [4.69, 9.17) is 21.4 Å². The molecule has 4 rings (SSSR count). The third kappa shape index (κ3) is 5.21. The summed E-state index contributed by atoms with van der Waals surface area (Å²) in [7, 11) is 1.58. The van der Waals surface area contributed by atoms with Crippen molar-refractivity contribution >= 4 is 40.0 Å². The molecule has 0 saturated carbocycles. The monoisotopic (exact) mass is 459 g/mol. The van der Waals surface area contributed by atoms with Gasteiger partial charge < -0.3 is 14.5 Å². The summed E-state index contributed by atoms with van der Waals surface area (Å²) in [5, 5.41) is 5.91. The van der Waals surface area contributed by atoms with Gasteiger partial charge in [-0.2, -0.15) is 0 Å². The Morgan fingerprint density at radius 3 is 2.48 bits per heavy atom. The van der Waals surface area contributed by atoms with Crippen molar-refractivity contribution in [1.29, 1.82) is 0 Å². The molecule has 1 unspecified atom stereocenters. The first kappa shape index (κ1) is 22.5. The Morgan fingerprint density at radius 1 is 1.09 bits per heavy atom. The van der Waals surface area contributed by atoms with Crippen molar-refractivity contribution in [2.75, 3.05) is 12.4 Å². The van der Waals surface area contributed by atoms with Crippen molar-refractivity contribution in [3.63, 3.8) is 0 Å². The summed E-state index contributed by atoms with van der Waals surface area (Å²) in [6.07, 6.45) is 1.08. The van der Waals surface area contributed by atoms with Crippen LogP contribution in [0.25, 0.3) is 22.6 Å². The number of fused-ring (bicyclic) bond motifs is 1. The molecule has 0 aliphatic carbocycles. The number of amides is 1. The number of methoxy groups -OCH3 is 1. The van der Waals surface area contributed by atoms with Gasteiger partial charge in [0.25, 0.3) is 5.91 Å². The molecule has 2 N–H and O–H groups in total. The van der Waals surface area contributed by atoms with Crippen LogP contribution < -0.4 is 15.4 Å². The number of ether oxygens (including phenoxy) is 1. The molecule has 6 nitrogen and oxygen atoms in total. The van der Waals surface area contributed by atoms with Crippen LogP contribution in [0.15, 0.2) is 71.1 Å². The van der Waals surface area contributed by atoms with Crippen LogP contribution in [0, 0.1) is 0 Å². The SMILES string of the molecule is CCC(C)c1ccc2oc(-c3ccc(NC(=S)NC(=O)c4ccc(OC)cc4)cc3)nc2c1. The third-order valence-electron chi connectivity index (χ3n) is 5.56. The van der Waals surface area contributed by atoms with E-state index in [1.807, 2.05) is 30.3 Å². The Bertz CT molecular complexity index is 1280. The van der Waals surface area contributed by atoms with E-state index in [1.165, 1.54) is 5.56 Å². The first-order valence-electron chi connectivity index (χ1n) is 10.7. The maximum Gasteiger partial charge on any atom is 0.257 e. The number of aromatic nitrogens is 1. The fraction of sp³-hybridized carbons (Fsp3) is 0.192. The van der Waals surface area contributed by atoms with E-state index in [1.54, 1.807) is 31.4 Å². The minimum absolute atomic E-state index is 0.211. The molecule has 4 aromatic rings. The van der Waals surface area contributed by atoms with Gasteiger partial charge in [0, 0.05) is 16.8 Å². The maximum absolute atomic E-state index is 12.4. The Morgan fingerprint density at radius 2 is 1.82 bits per heavy atom. The van der Waals surface area contributed by atoms with Crippen molar-refractivity contribution in [3.8, 4) is 17.2 Å². The van der Waals surface area contributed by atoms with Crippen LogP contribution >= 0.6 is 12.2 Å². The molecular formula is C26H25N3O3S. The van der Waals surface area contributed by atoms with E-state index in [0.29, 0.717) is 23.1 Å². The number of anilines is 1. The van der Waals surface area contributed by atoms with Gasteiger partial charge in [0.1, 0.15) is 11.3 Å². The summed E-state index contributed by atoms with van der Waals surface area (Å²) in [4.78, 5) is 17.0. The highest BCUT2D eigenvalue weighted by Crippen LogP contribution is 2.28. The molecule has 3 aromatic carbocycles. The molecule has 0 fully saturated rings. The van der Waals surface area contributed by atoms with E-state index in [9.17, 15) is 4.79 Å². The first-order valence-corrected chi connectivity index (χ1v) is 11.1. The third-order valence-corrected chi connectivity index (χ3v) is 5.77. The quantitative estimate of drug-likeness (QED) is 0.337. The molecule has 33 heavy (non-hydrogen) atoms. The molecule has 0 aliphatic heterocycles. The lowest BCUT2D eigenvalue weighted by atomic mass is 9.98. The van der Waals surface area contributed by atoms with E-state index in [2.05, 4.69) is 41.6 Å². The largest absolute Gasteiger partial charge is 0.497 e. The minimum Gasteiger partial charge on any atom is -0.497 e. The predicted molar refractivity (Wildman–Crippen MR) is 135 cm³/mol. The molecule has 1 heterocycles. The number of oxazole rings is 1. The zero-order valence-corrected chi connectivity index (χ0v) is 19.5. The van der Waals surface area contributed by atoms with Crippen LogP contribution in [-0.4, -0.2) is 23.1 Å². The standard InChI is InChI=1S/C26H25N3O3S/c1-4-16(2)19-9-14-23-22(15-19)28-25(32-23)18-5-10-20(11-6-18)27-26(33)29-24(30)17-7-12-21(31-3)13-8-17/h5-16H,4H2,1-3H3,(H2,27,29,30,33). The second-order valence-corrected chi connectivity index (χ2v) is 8.18. The molecule has 1 aromatic heterocycles. The number of thiocarbonyl (C=S) groups is 1. The van der Waals surface area contributed by atoms with E-state index in [0.717, 1.165) is 28.8 Å². The van der Waals surface area contributed by atoms with Crippen LogP contribution in [0.4, 0.5) is 5.69 Å². The van der Waals surface area contributed by atoms with Gasteiger partial charge in [0.05, 0.1) is 7.11 Å². The lowest BCUT2D eigenvalue weighted by Crippen LogP contribution is -2.34. The molecular weight excluding hydrogens is 434 g/mol. The lowest BCUT2D eigenvalue weighted by molar-refractivity contribution is 0.0977. The topological polar surface area (TPSA) is 76.4 Å². The van der Waals surface area contributed by atoms with Crippen molar-refractivity contribution < 1.29 is 13.9 Å². The molecule has 1 amide bonds. The zero-order valence-electron chi connectivity index (χ0n) is 18.7. The summed E-state index contributed by atoms with van der Waals surface area (Å²) < 4.78 is 11.0. The van der Waals surface area contributed by atoms with Crippen molar-refractivity contribution in [2.24, 2.45) is 0 Å². The smallest absolute Gasteiger partial charge is 0.257 e. The van der Waals surface area contributed by atoms with E-state index in [-0.39, 0.29) is 11.0 Å². The lowest BCUT2D eigenvalue weighted by Gasteiger charge is -2.10. The van der Waals surface area contributed by atoms with Gasteiger partial charge in [-0.25, -0.2) is 4.98 Å². The van der Waals surface area contributed by atoms with E-state index < -0.39 is 0 Å². The summed E-state index contributed by atoms with van der Waals surface area (Å²) in [6.45, 7) is 4.38. The number of hydrogen-bond acceptors (Lipinski definition) is 5. The van der Waals surface area contributed by atoms with Crippen molar-refractivity contribution in [2.45, 2.75) is 26.2 Å². The number of hydrogen-bond donors (Lipinski definition) is 2. The molecule has 0 aliphatic rings. The fourth-order valence-corrected chi connectivity index (χ4v) is 3.60. The van der Waals surface area contributed by atoms with Crippen LogP contribution in [0.5, 0.6) is 5.75 Å². The molecule has 1 atom stereocenters. The molecule has 7 heteroatoms. The van der Waals surface area contributed by atoms with Gasteiger partial charge in [-0.3, -0.25) is 10.1 Å². The van der Waals surface area contributed by atoms with Crippen LogP contribution in [0.3, 0.4) is 0 Å². The molecule has 0 saturated heterocycles. The summed E-state index contributed by atoms with van der Waals surface area (Å²) in [5.41, 5.74) is 4.97. The Balaban J connectivity index is 1.41. The van der Waals surface area contributed by atoms with Crippen LogP contribution in [0.1, 0.15) is 42.1 Å². The second kappa shape index (κ2) is 9.83. The van der Waals surface area contributed by atoms with Gasteiger partial charge in [-0.1, -0.05) is 19.9 Å². The first-order chi connectivity index (χ1) is 16.0. The fourth-order valence-electron chi connectivity index (χ4n) is 3.39. The van der Waals surface area contributed by atoms with Crippen LogP contribution in [0.2, 0.25) is 0 Å². The highest BCUT2D eigenvalue weighted by molar-refractivity contribution is 7.80. The second-order valence-electron chi connectivity index (χ2n) is 7.77. The highest BCUT2D eigenvalue weighted by Gasteiger charge is 2.12. The van der Waals surface area contributed by atoms with Crippen LogP contribution in [-0.2, 0) is 0 Å². The highest BCUT2D eigenvalue weighted by atomic mass is 32.1. The number of nitrogens with one attached hydrogen (secondary N) is 2. The van der Waals surface area contributed by atoms with Gasteiger partial charge in [0.2, 0.25) is 5.89 Å². The van der Waals surface area contributed by atoms with Crippen molar-refractivity contribution in [1.82, 2.24) is 10.3 Å². The minimum atomic E-state index is -0.296. The maximum atomic E-state index is 12.4. The van der Waals surface area contributed by atoms with Crippen molar-refractivity contribution in [3.05, 3.63) is 77.9 Å². The Kier molecular flexibility index (Phi) is 6.70. The van der Waals surface area contributed by atoms with E-state index >= 15 is 0 Å². The number of carbonyl (C=O) groups excluding carboxylic acids is 1. The van der Waals surface area contributed by atoms with Gasteiger partial charge in [-0.05, 0) is 90.8 Å². The Labute approximate surface area is 198 Å². The zero-order chi connectivity index (χ0) is 23.4. The number of carbonyl (C=O) groups is 1. The predicted octanol–water partition coefficient (Wildman–Crippen LogP) is 6.14. The average Bonchev–Trinajstić information content (AvgIpc) is 3.27. The normalized spacial score (nSPS) is 11.7. The van der Waals surface area contributed by atoms with Gasteiger partial charge >= 0.3 is 0 Å². The Hall–Kier alpha value is -3.71. The summed E-state index contributed by atoms with van der Waals surface area (Å²) in [5.74, 6) is 1.43. The number of nitrogens with zero attached hydrogens (tertiary/aromatic N) is 1. The molecule has 0 spiro atoms. The number of rotatable bonds is 6. The summed E-state index contributed by atoms with van der Waals surface area (Å²) in [6, 6.07) is 20.5. The molecule has 168 valence electrons. The number of benzene rings is 3. The average molecular weight is 460 g/mol. The molecule has 0 bridgehead atoms.